The van der Waals surface area contributed by atoms with Crippen LogP contribution in [0.3, 0.4) is 0 Å². The number of carbonyl (C=O) groups is 5. The van der Waals surface area contributed by atoms with Crippen LogP contribution in [-0.4, -0.2) is 87.5 Å². The molecule has 6 N–H and O–H groups in total. The summed E-state index contributed by atoms with van der Waals surface area (Å²) < 4.78 is 0. The zero-order valence-corrected chi connectivity index (χ0v) is 18.8. The molecule has 12 heteroatoms. The number of nitrogens with one attached hydrogen (secondary N) is 2. The van der Waals surface area contributed by atoms with Crippen LogP contribution in [0.25, 0.3) is 0 Å². The normalized spacial score (nSPS) is 18.8. The second-order valence-electron chi connectivity index (χ2n) is 7.59. The van der Waals surface area contributed by atoms with Crippen molar-refractivity contribution < 1.29 is 34.2 Å². The molecular formula is C21H28N4O7S. The number of likely N-dealkylation sites (tertiary alicyclic amines) is 1. The number of primary amides is 1. The van der Waals surface area contributed by atoms with Gasteiger partial charge in [0.15, 0.2) is 0 Å². The van der Waals surface area contributed by atoms with Gasteiger partial charge >= 0.3 is 5.97 Å². The monoisotopic (exact) mass is 480 g/mol. The van der Waals surface area contributed by atoms with Gasteiger partial charge in [0, 0.05) is 19.0 Å². The Balaban J connectivity index is 2.14. The summed E-state index contributed by atoms with van der Waals surface area (Å²) >= 11 is 0.913. The molecule has 1 aliphatic rings. The first-order valence-electron chi connectivity index (χ1n) is 10.3. The van der Waals surface area contributed by atoms with Crippen molar-refractivity contribution in [2.24, 2.45) is 5.73 Å². The molecule has 0 unspecified atom stereocenters. The van der Waals surface area contributed by atoms with Crippen LogP contribution in [0.4, 0.5) is 0 Å². The number of benzene rings is 1. The van der Waals surface area contributed by atoms with Crippen LogP contribution < -0.4 is 16.4 Å². The number of piperidine rings is 1. The van der Waals surface area contributed by atoms with E-state index in [0.717, 1.165) is 17.3 Å². The van der Waals surface area contributed by atoms with E-state index < -0.39 is 54.3 Å². The van der Waals surface area contributed by atoms with Crippen LogP contribution in [0.15, 0.2) is 30.3 Å². The number of carboxylic acid groups (broad SMARTS) is 1. The lowest BCUT2D eigenvalue weighted by molar-refractivity contribution is -0.142. The summed E-state index contributed by atoms with van der Waals surface area (Å²) in [6, 6.07) is 6.51. The Bertz CT molecular complexity index is 867. The van der Waals surface area contributed by atoms with Gasteiger partial charge in [0.1, 0.15) is 18.7 Å². The number of aliphatic carboxylic acids is 1. The lowest BCUT2D eigenvalue weighted by Crippen LogP contribution is -2.60. The van der Waals surface area contributed by atoms with E-state index in [1.165, 1.54) is 4.90 Å². The van der Waals surface area contributed by atoms with Crippen LogP contribution in [0.2, 0.25) is 0 Å². The van der Waals surface area contributed by atoms with Crippen molar-refractivity contribution in [3.8, 4) is 0 Å². The molecule has 0 spiro atoms. The van der Waals surface area contributed by atoms with E-state index >= 15 is 0 Å². The number of rotatable bonds is 11. The maximum absolute atomic E-state index is 13.1. The number of carbonyl (C=O) groups excluding carboxylic acids is 4. The van der Waals surface area contributed by atoms with Gasteiger partial charge in [0.2, 0.25) is 23.6 Å². The predicted octanol–water partition coefficient (Wildman–Crippen LogP) is -1.51. The molecule has 180 valence electrons. The number of nitrogens with two attached hydrogens (primary N) is 1. The molecule has 1 heterocycles. The zero-order chi connectivity index (χ0) is 24.4. The minimum atomic E-state index is -1.06. The van der Waals surface area contributed by atoms with Crippen LogP contribution in [0.1, 0.15) is 18.4 Å². The lowest BCUT2D eigenvalue weighted by Gasteiger charge is -2.39. The summed E-state index contributed by atoms with van der Waals surface area (Å²) in [6.45, 7) is -0.566. The molecule has 1 aromatic carbocycles. The number of aliphatic hydroxyl groups is 1. The third-order valence-corrected chi connectivity index (χ3v) is 6.03. The van der Waals surface area contributed by atoms with Crippen molar-refractivity contribution in [3.63, 3.8) is 0 Å². The number of amides is 4. The van der Waals surface area contributed by atoms with Gasteiger partial charge in [-0.3, -0.25) is 24.0 Å². The van der Waals surface area contributed by atoms with Crippen LogP contribution in [-0.2, 0) is 30.4 Å². The van der Waals surface area contributed by atoms with Crippen molar-refractivity contribution in [2.45, 2.75) is 37.4 Å². The summed E-state index contributed by atoms with van der Waals surface area (Å²) in [5.74, 6) is -3.81. The van der Waals surface area contributed by atoms with Gasteiger partial charge in [-0.1, -0.05) is 30.3 Å². The highest BCUT2D eigenvalue weighted by Gasteiger charge is 2.37. The predicted molar refractivity (Wildman–Crippen MR) is 120 cm³/mol. The molecule has 1 saturated heterocycles. The van der Waals surface area contributed by atoms with Gasteiger partial charge in [-0.2, -0.15) is 0 Å². The molecule has 0 radical (unpaired) electrons. The molecule has 0 aromatic heterocycles. The van der Waals surface area contributed by atoms with E-state index in [0.29, 0.717) is 6.42 Å². The summed E-state index contributed by atoms with van der Waals surface area (Å²) in [7, 11) is 0. The van der Waals surface area contributed by atoms with E-state index in [1.807, 2.05) is 6.07 Å². The van der Waals surface area contributed by atoms with E-state index in [1.54, 1.807) is 24.3 Å². The number of thioether (sulfide) groups is 1. The Kier molecular flexibility index (Phi) is 10.1. The molecule has 1 fully saturated rings. The number of hydrogen-bond donors (Lipinski definition) is 5. The van der Waals surface area contributed by atoms with Crippen LogP contribution in [0, 0.1) is 0 Å². The molecule has 0 bridgehead atoms. The average molecular weight is 481 g/mol. The van der Waals surface area contributed by atoms with Gasteiger partial charge in [-0.15, -0.1) is 11.8 Å². The van der Waals surface area contributed by atoms with Crippen molar-refractivity contribution in [2.75, 3.05) is 24.7 Å². The second-order valence-corrected chi connectivity index (χ2v) is 8.58. The molecule has 11 nitrogen and oxygen atoms in total. The van der Waals surface area contributed by atoms with Crippen molar-refractivity contribution >= 4 is 41.4 Å². The fourth-order valence-corrected chi connectivity index (χ4v) is 4.18. The summed E-state index contributed by atoms with van der Waals surface area (Å²) in [5, 5.41) is 23.0. The average Bonchev–Trinajstić information content (AvgIpc) is 2.78. The Hall–Kier alpha value is -3.12. The van der Waals surface area contributed by atoms with Gasteiger partial charge in [-0.05, 0) is 18.4 Å². The van der Waals surface area contributed by atoms with Crippen LogP contribution in [0.5, 0.6) is 0 Å². The van der Waals surface area contributed by atoms with Crippen molar-refractivity contribution in [3.05, 3.63) is 35.9 Å². The summed E-state index contributed by atoms with van der Waals surface area (Å²) in [6.07, 6.45) is 0.597. The minimum Gasteiger partial charge on any atom is -0.481 e. The third kappa shape index (κ3) is 8.39. The Morgan fingerprint density at radius 3 is 2.45 bits per heavy atom. The zero-order valence-electron chi connectivity index (χ0n) is 17.9. The number of hydrogen-bond acceptors (Lipinski definition) is 7. The fraction of sp³-hybridized carbons (Fsp3) is 0.476. The minimum absolute atomic E-state index is 0.0731. The van der Waals surface area contributed by atoms with Gasteiger partial charge < -0.3 is 31.5 Å². The lowest BCUT2D eigenvalue weighted by atomic mass is 9.95. The van der Waals surface area contributed by atoms with Crippen molar-refractivity contribution in [1.82, 2.24) is 15.5 Å². The van der Waals surface area contributed by atoms with Gasteiger partial charge in [0.25, 0.3) is 0 Å². The van der Waals surface area contributed by atoms with Gasteiger partial charge in [-0.25, -0.2) is 0 Å². The highest BCUT2D eigenvalue weighted by atomic mass is 32.2. The van der Waals surface area contributed by atoms with E-state index in [-0.39, 0.29) is 30.9 Å². The largest absolute Gasteiger partial charge is 0.481 e. The molecule has 3 atom stereocenters. The quantitative estimate of drug-likeness (QED) is 0.253. The SMILES string of the molecule is NC(=O)[C@@H](Cc1ccccc1)NC(=O)[C@H]1C[C@@H](NC(=O)CO)CCN1C(=O)CSCC(=O)O. The fourth-order valence-electron chi connectivity index (χ4n) is 3.57. The van der Waals surface area contributed by atoms with E-state index in [9.17, 15) is 24.0 Å². The van der Waals surface area contributed by atoms with Crippen molar-refractivity contribution in [1.29, 1.82) is 0 Å². The number of carboxylic acids is 1. The molecule has 33 heavy (non-hydrogen) atoms. The topological polar surface area (TPSA) is 179 Å². The first kappa shape index (κ1) is 26.1. The van der Waals surface area contributed by atoms with Crippen LogP contribution >= 0.6 is 11.8 Å². The second kappa shape index (κ2) is 12.8. The third-order valence-electron chi connectivity index (χ3n) is 5.13. The standard InChI is InChI=1S/C21H28N4O7S/c22-20(31)15(8-13-4-2-1-3-5-13)24-21(32)16-9-14(23-17(27)10-26)6-7-25(16)18(28)11-33-12-19(29)30/h1-5,14-16,26H,6-12H2,(H2,22,31)(H,23,27)(H,24,32)(H,29,30)/t14-,15+,16+/m0/s1. The Labute approximate surface area is 195 Å². The maximum Gasteiger partial charge on any atom is 0.313 e. The molecule has 2 rings (SSSR count). The van der Waals surface area contributed by atoms with E-state index in [4.69, 9.17) is 15.9 Å². The Morgan fingerprint density at radius 1 is 1.15 bits per heavy atom. The number of nitrogens with zero attached hydrogens (tertiary/aromatic N) is 1. The first-order chi connectivity index (χ1) is 15.7. The maximum atomic E-state index is 13.1. The Morgan fingerprint density at radius 2 is 1.85 bits per heavy atom. The molecule has 0 aliphatic carbocycles. The van der Waals surface area contributed by atoms with E-state index in [2.05, 4.69) is 10.6 Å². The molecule has 4 amide bonds. The highest BCUT2D eigenvalue weighted by Crippen LogP contribution is 2.20. The smallest absolute Gasteiger partial charge is 0.313 e. The van der Waals surface area contributed by atoms with Gasteiger partial charge in [0.05, 0.1) is 11.5 Å². The molecule has 1 aromatic rings. The first-order valence-corrected chi connectivity index (χ1v) is 11.5. The summed E-state index contributed by atoms with van der Waals surface area (Å²) in [4.78, 5) is 61.4. The highest BCUT2D eigenvalue weighted by molar-refractivity contribution is 8.00. The molecule has 1 aliphatic heterocycles. The molecule has 0 saturated carbocycles. The molecular weight excluding hydrogens is 452 g/mol. The summed E-state index contributed by atoms with van der Waals surface area (Å²) in [5.41, 5.74) is 6.27. The number of aliphatic hydroxyl groups excluding tert-OH is 1.